The second kappa shape index (κ2) is 7.03. The highest BCUT2D eigenvalue weighted by Crippen LogP contribution is 2.21. The minimum Gasteiger partial charge on any atom is -0.464 e. The van der Waals surface area contributed by atoms with Gasteiger partial charge in [0.15, 0.2) is 18.4 Å². The number of rotatable bonds is 6. The molecule has 1 atom stereocenters. The fourth-order valence-electron chi connectivity index (χ4n) is 1.76. The lowest BCUT2D eigenvalue weighted by atomic mass is 10.1. The lowest BCUT2D eigenvalue weighted by Gasteiger charge is -2.10. The van der Waals surface area contributed by atoms with E-state index in [1.54, 1.807) is 19.1 Å². The van der Waals surface area contributed by atoms with Crippen LogP contribution in [0.15, 0.2) is 48.5 Å². The van der Waals surface area contributed by atoms with Crippen molar-refractivity contribution >= 4 is 0 Å². The average Bonchev–Trinajstić information content (AvgIpc) is 2.46. The van der Waals surface area contributed by atoms with Crippen LogP contribution in [-0.4, -0.2) is 6.79 Å². The molecule has 0 spiro atoms. The molecule has 0 fully saturated rings. The molecular weight excluding hydrogens is 257 g/mol. The molecule has 0 saturated carbocycles. The molecule has 20 heavy (non-hydrogen) atoms. The maximum absolute atomic E-state index is 13.7. The van der Waals surface area contributed by atoms with Gasteiger partial charge in [0.1, 0.15) is 0 Å². The summed E-state index contributed by atoms with van der Waals surface area (Å²) < 4.78 is 24.3. The minimum atomic E-state index is -0.428. The maximum atomic E-state index is 13.7. The van der Waals surface area contributed by atoms with Gasteiger partial charge in [-0.2, -0.15) is 0 Å². The predicted molar refractivity (Wildman–Crippen MR) is 75.7 cm³/mol. The van der Waals surface area contributed by atoms with Crippen molar-refractivity contribution in [2.45, 2.75) is 19.6 Å². The van der Waals surface area contributed by atoms with E-state index in [0.29, 0.717) is 6.61 Å². The fraction of sp³-hybridized carbons (Fsp3) is 0.250. The summed E-state index contributed by atoms with van der Waals surface area (Å²) in [6, 6.07) is 14.2. The summed E-state index contributed by atoms with van der Waals surface area (Å²) in [4.78, 5) is 0. The molecule has 3 nitrogen and oxygen atoms in total. The van der Waals surface area contributed by atoms with Crippen molar-refractivity contribution in [2.75, 3.05) is 6.79 Å². The van der Waals surface area contributed by atoms with Crippen molar-refractivity contribution < 1.29 is 13.9 Å². The molecule has 0 amide bonds. The number of benzene rings is 2. The number of halogens is 1. The van der Waals surface area contributed by atoms with Crippen LogP contribution in [-0.2, 0) is 11.3 Å². The molecule has 2 rings (SSSR count). The first kappa shape index (κ1) is 14.5. The van der Waals surface area contributed by atoms with E-state index in [-0.39, 0.29) is 18.6 Å². The van der Waals surface area contributed by atoms with Crippen LogP contribution in [0.1, 0.15) is 24.1 Å². The van der Waals surface area contributed by atoms with Gasteiger partial charge in [-0.3, -0.25) is 0 Å². The van der Waals surface area contributed by atoms with E-state index in [1.807, 2.05) is 30.3 Å². The number of hydrogen-bond acceptors (Lipinski definition) is 3. The van der Waals surface area contributed by atoms with E-state index in [0.717, 1.165) is 11.1 Å². The molecule has 0 saturated heterocycles. The van der Waals surface area contributed by atoms with Gasteiger partial charge in [0, 0.05) is 6.04 Å². The van der Waals surface area contributed by atoms with Crippen molar-refractivity contribution in [2.24, 2.45) is 5.73 Å². The molecule has 0 heterocycles. The summed E-state index contributed by atoms with van der Waals surface area (Å²) in [5.74, 6) is -0.259. The van der Waals surface area contributed by atoms with Crippen LogP contribution >= 0.6 is 0 Å². The maximum Gasteiger partial charge on any atom is 0.189 e. The van der Waals surface area contributed by atoms with E-state index < -0.39 is 5.82 Å². The Kier molecular flexibility index (Phi) is 5.09. The lowest BCUT2D eigenvalue weighted by molar-refractivity contribution is 0.00301. The third-order valence-corrected chi connectivity index (χ3v) is 2.89. The Bertz CT molecular complexity index is 543. The molecular formula is C16H18FNO2. The van der Waals surface area contributed by atoms with Gasteiger partial charge in [-0.25, -0.2) is 4.39 Å². The molecule has 0 aliphatic rings. The van der Waals surface area contributed by atoms with E-state index >= 15 is 0 Å². The SMILES string of the molecule is CC(N)c1ccc(OCOCc2ccccc2)c(F)c1. The van der Waals surface area contributed by atoms with Crippen LogP contribution in [0.4, 0.5) is 4.39 Å². The van der Waals surface area contributed by atoms with Gasteiger partial charge < -0.3 is 15.2 Å². The highest BCUT2D eigenvalue weighted by atomic mass is 19.1. The summed E-state index contributed by atoms with van der Waals surface area (Å²) >= 11 is 0. The number of hydrogen-bond donors (Lipinski definition) is 1. The Labute approximate surface area is 118 Å². The molecule has 0 aromatic heterocycles. The molecule has 0 radical (unpaired) electrons. The molecule has 2 N–H and O–H groups in total. The van der Waals surface area contributed by atoms with Gasteiger partial charge in [-0.05, 0) is 30.2 Å². The first-order chi connectivity index (χ1) is 9.66. The van der Waals surface area contributed by atoms with E-state index in [1.165, 1.54) is 6.07 Å². The molecule has 0 bridgehead atoms. The lowest BCUT2D eigenvalue weighted by Crippen LogP contribution is -2.07. The summed E-state index contributed by atoms with van der Waals surface area (Å²) in [6.45, 7) is 2.24. The third-order valence-electron chi connectivity index (χ3n) is 2.89. The normalized spacial score (nSPS) is 12.2. The largest absolute Gasteiger partial charge is 0.464 e. The standard InChI is InChI=1S/C16H18FNO2/c1-12(18)14-7-8-16(15(17)9-14)20-11-19-10-13-5-3-2-4-6-13/h2-9,12H,10-11,18H2,1H3. The molecule has 4 heteroatoms. The van der Waals surface area contributed by atoms with Crippen LogP contribution in [0.5, 0.6) is 5.75 Å². The first-order valence-corrected chi connectivity index (χ1v) is 6.46. The zero-order valence-electron chi connectivity index (χ0n) is 11.4. The second-order valence-corrected chi connectivity index (χ2v) is 4.57. The van der Waals surface area contributed by atoms with Crippen LogP contribution < -0.4 is 10.5 Å². The van der Waals surface area contributed by atoms with Crippen molar-refractivity contribution in [3.63, 3.8) is 0 Å². The molecule has 0 aliphatic carbocycles. The first-order valence-electron chi connectivity index (χ1n) is 6.46. The fourth-order valence-corrected chi connectivity index (χ4v) is 1.76. The van der Waals surface area contributed by atoms with E-state index in [2.05, 4.69) is 0 Å². The summed E-state index contributed by atoms with van der Waals surface area (Å²) in [5, 5.41) is 0. The molecule has 2 aromatic carbocycles. The topological polar surface area (TPSA) is 44.5 Å². The average molecular weight is 275 g/mol. The summed E-state index contributed by atoms with van der Waals surface area (Å²) in [5.41, 5.74) is 7.47. The molecule has 1 unspecified atom stereocenters. The Hall–Kier alpha value is -1.91. The van der Waals surface area contributed by atoms with Crippen LogP contribution in [0, 0.1) is 5.82 Å². The third kappa shape index (κ3) is 4.05. The van der Waals surface area contributed by atoms with Gasteiger partial charge in [0.25, 0.3) is 0 Å². The van der Waals surface area contributed by atoms with Crippen molar-refractivity contribution in [3.8, 4) is 5.75 Å². The van der Waals surface area contributed by atoms with E-state index in [4.69, 9.17) is 15.2 Å². The van der Waals surface area contributed by atoms with Gasteiger partial charge in [-0.15, -0.1) is 0 Å². The quantitative estimate of drug-likeness (QED) is 0.649. The molecule has 106 valence electrons. The van der Waals surface area contributed by atoms with Crippen LogP contribution in [0.25, 0.3) is 0 Å². The van der Waals surface area contributed by atoms with Crippen LogP contribution in [0.3, 0.4) is 0 Å². The number of nitrogens with two attached hydrogens (primary N) is 1. The van der Waals surface area contributed by atoms with E-state index in [9.17, 15) is 4.39 Å². The zero-order valence-corrected chi connectivity index (χ0v) is 11.4. The van der Waals surface area contributed by atoms with Gasteiger partial charge >= 0.3 is 0 Å². The number of ether oxygens (including phenoxy) is 2. The van der Waals surface area contributed by atoms with Gasteiger partial charge in [0.05, 0.1) is 6.61 Å². The van der Waals surface area contributed by atoms with Crippen LogP contribution in [0.2, 0.25) is 0 Å². The Morgan fingerprint density at radius 3 is 2.55 bits per heavy atom. The molecule has 0 aliphatic heterocycles. The molecule has 2 aromatic rings. The second-order valence-electron chi connectivity index (χ2n) is 4.57. The Morgan fingerprint density at radius 2 is 1.90 bits per heavy atom. The Morgan fingerprint density at radius 1 is 1.15 bits per heavy atom. The Balaban J connectivity index is 1.82. The predicted octanol–water partition coefficient (Wildman–Crippen LogP) is 3.40. The van der Waals surface area contributed by atoms with Gasteiger partial charge in [-0.1, -0.05) is 36.4 Å². The monoisotopic (exact) mass is 275 g/mol. The zero-order chi connectivity index (χ0) is 14.4. The minimum absolute atomic E-state index is 0.00331. The van der Waals surface area contributed by atoms with Crippen molar-refractivity contribution in [3.05, 3.63) is 65.5 Å². The van der Waals surface area contributed by atoms with Gasteiger partial charge in [0.2, 0.25) is 0 Å². The smallest absolute Gasteiger partial charge is 0.189 e. The summed E-state index contributed by atoms with van der Waals surface area (Å²) in [7, 11) is 0. The summed E-state index contributed by atoms with van der Waals surface area (Å²) in [6.07, 6.45) is 0. The van der Waals surface area contributed by atoms with Crippen molar-refractivity contribution in [1.29, 1.82) is 0 Å². The highest BCUT2D eigenvalue weighted by Gasteiger charge is 2.07. The van der Waals surface area contributed by atoms with Crippen molar-refractivity contribution in [1.82, 2.24) is 0 Å². The highest BCUT2D eigenvalue weighted by molar-refractivity contribution is 5.30.